The van der Waals surface area contributed by atoms with E-state index < -0.39 is 0 Å². The Morgan fingerprint density at radius 1 is 0.857 bits per heavy atom. The van der Waals surface area contributed by atoms with Crippen LogP contribution in [-0.4, -0.2) is 60.5 Å². The maximum atomic E-state index is 13.3. The standard InChI is InChI=1S/C29H52N4O2/c1-9-12-20-33(21-18-27(34)30-24(8)15-14-19-32(10-2)11-3)29(35)31-28-25(22(4)5)16-13-17-26(28)23(6)7/h13,16-17,22-24H,9-12,14-15,18-21H2,1-8H3,(H,30,34)(H,31,35). The predicted molar refractivity (Wildman–Crippen MR) is 149 cm³/mol. The average molecular weight is 489 g/mol. The van der Waals surface area contributed by atoms with Gasteiger partial charge in [0, 0.05) is 31.2 Å². The molecule has 1 unspecified atom stereocenters. The monoisotopic (exact) mass is 488 g/mol. The van der Waals surface area contributed by atoms with Crippen LogP contribution >= 0.6 is 0 Å². The number of benzene rings is 1. The van der Waals surface area contributed by atoms with Gasteiger partial charge in [-0.2, -0.15) is 0 Å². The summed E-state index contributed by atoms with van der Waals surface area (Å²) in [7, 11) is 0. The molecule has 0 aliphatic heterocycles. The third kappa shape index (κ3) is 11.0. The van der Waals surface area contributed by atoms with Crippen molar-refractivity contribution in [2.45, 2.75) is 105 Å². The van der Waals surface area contributed by atoms with Crippen molar-refractivity contribution in [3.8, 4) is 0 Å². The molecule has 0 aliphatic rings. The van der Waals surface area contributed by atoms with E-state index in [-0.39, 0.29) is 18.0 Å². The Balaban J connectivity index is 2.76. The first-order chi connectivity index (χ1) is 16.6. The first kappa shape index (κ1) is 31.0. The zero-order valence-electron chi connectivity index (χ0n) is 23.7. The van der Waals surface area contributed by atoms with Gasteiger partial charge in [0.05, 0.1) is 0 Å². The van der Waals surface area contributed by atoms with Crippen LogP contribution in [0.25, 0.3) is 0 Å². The number of carbonyl (C=O) groups is 2. The van der Waals surface area contributed by atoms with Crippen molar-refractivity contribution in [3.63, 3.8) is 0 Å². The van der Waals surface area contributed by atoms with E-state index in [9.17, 15) is 9.59 Å². The Kier molecular flexibility index (Phi) is 14.6. The Labute approximate surface area is 215 Å². The van der Waals surface area contributed by atoms with Crippen LogP contribution in [0.3, 0.4) is 0 Å². The third-order valence-electron chi connectivity index (χ3n) is 6.70. The quantitative estimate of drug-likeness (QED) is 0.276. The molecule has 1 aromatic carbocycles. The van der Waals surface area contributed by atoms with Gasteiger partial charge in [-0.15, -0.1) is 0 Å². The summed E-state index contributed by atoms with van der Waals surface area (Å²) in [6, 6.07) is 6.29. The molecule has 35 heavy (non-hydrogen) atoms. The molecule has 1 aromatic rings. The minimum Gasteiger partial charge on any atom is -0.354 e. The number of amides is 3. The van der Waals surface area contributed by atoms with Gasteiger partial charge in [-0.1, -0.05) is 73.1 Å². The minimum atomic E-state index is -0.117. The van der Waals surface area contributed by atoms with E-state index in [0.717, 1.165) is 62.1 Å². The molecule has 3 amide bonds. The Hall–Kier alpha value is -2.08. The fourth-order valence-corrected chi connectivity index (χ4v) is 4.36. The lowest BCUT2D eigenvalue weighted by molar-refractivity contribution is -0.121. The number of rotatable bonds is 16. The van der Waals surface area contributed by atoms with Crippen LogP contribution in [0, 0.1) is 0 Å². The Bertz CT molecular complexity index is 733. The van der Waals surface area contributed by atoms with Crippen LogP contribution in [0.4, 0.5) is 10.5 Å². The first-order valence-corrected chi connectivity index (χ1v) is 13.8. The van der Waals surface area contributed by atoms with Crippen molar-refractivity contribution in [2.75, 3.05) is 38.0 Å². The van der Waals surface area contributed by atoms with E-state index in [4.69, 9.17) is 0 Å². The van der Waals surface area contributed by atoms with Crippen LogP contribution in [0.5, 0.6) is 0 Å². The van der Waals surface area contributed by atoms with Crippen LogP contribution in [0.2, 0.25) is 0 Å². The lowest BCUT2D eigenvalue weighted by Gasteiger charge is -2.26. The fraction of sp³-hybridized carbons (Fsp3) is 0.724. The molecule has 1 rings (SSSR count). The lowest BCUT2D eigenvalue weighted by atomic mass is 9.93. The summed E-state index contributed by atoms with van der Waals surface area (Å²) in [5.41, 5.74) is 3.22. The van der Waals surface area contributed by atoms with Crippen molar-refractivity contribution in [2.24, 2.45) is 0 Å². The van der Waals surface area contributed by atoms with E-state index in [1.54, 1.807) is 4.90 Å². The van der Waals surface area contributed by atoms with Crippen molar-refractivity contribution in [3.05, 3.63) is 29.3 Å². The van der Waals surface area contributed by atoms with Gasteiger partial charge in [-0.25, -0.2) is 4.79 Å². The molecule has 0 saturated carbocycles. The second-order valence-corrected chi connectivity index (χ2v) is 10.3. The average Bonchev–Trinajstić information content (AvgIpc) is 2.81. The molecule has 200 valence electrons. The van der Waals surface area contributed by atoms with E-state index in [1.165, 1.54) is 0 Å². The normalized spacial score (nSPS) is 12.3. The maximum Gasteiger partial charge on any atom is 0.321 e. The molecule has 0 bridgehead atoms. The van der Waals surface area contributed by atoms with Crippen LogP contribution in [-0.2, 0) is 4.79 Å². The van der Waals surface area contributed by atoms with Gasteiger partial charge < -0.3 is 20.4 Å². The second kappa shape index (κ2) is 16.6. The van der Waals surface area contributed by atoms with Crippen LogP contribution in [0.15, 0.2) is 18.2 Å². The highest BCUT2D eigenvalue weighted by Gasteiger charge is 2.20. The predicted octanol–water partition coefficient (Wildman–Crippen LogP) is 6.58. The summed E-state index contributed by atoms with van der Waals surface area (Å²) < 4.78 is 0. The number of nitrogens with one attached hydrogen (secondary N) is 2. The zero-order chi connectivity index (χ0) is 26.4. The number of carbonyl (C=O) groups excluding carboxylic acids is 2. The largest absolute Gasteiger partial charge is 0.354 e. The summed E-state index contributed by atoms with van der Waals surface area (Å²) >= 11 is 0. The molecule has 0 fully saturated rings. The SMILES string of the molecule is CCCCN(CCC(=O)NC(C)CCCN(CC)CC)C(=O)Nc1c(C(C)C)cccc1C(C)C. The van der Waals surface area contributed by atoms with Crippen LogP contribution < -0.4 is 10.6 Å². The van der Waals surface area contributed by atoms with E-state index in [1.807, 2.05) is 0 Å². The number of nitrogens with zero attached hydrogens (tertiary/aromatic N) is 2. The minimum absolute atomic E-state index is 0.0140. The summed E-state index contributed by atoms with van der Waals surface area (Å²) in [6.45, 7) is 21.4. The third-order valence-corrected chi connectivity index (χ3v) is 6.70. The Morgan fingerprint density at radius 3 is 1.97 bits per heavy atom. The lowest BCUT2D eigenvalue weighted by Crippen LogP contribution is -2.40. The van der Waals surface area contributed by atoms with E-state index >= 15 is 0 Å². The van der Waals surface area contributed by atoms with Gasteiger partial charge in [0.1, 0.15) is 0 Å². The van der Waals surface area contributed by atoms with Gasteiger partial charge in [0.15, 0.2) is 0 Å². The summed E-state index contributed by atoms with van der Waals surface area (Å²) in [5.74, 6) is 0.629. The first-order valence-electron chi connectivity index (χ1n) is 13.8. The van der Waals surface area contributed by atoms with E-state index in [0.29, 0.717) is 31.3 Å². The highest BCUT2D eigenvalue weighted by Crippen LogP contribution is 2.32. The summed E-state index contributed by atoms with van der Waals surface area (Å²) in [5, 5.41) is 6.34. The van der Waals surface area contributed by atoms with Gasteiger partial charge in [-0.3, -0.25) is 4.79 Å². The van der Waals surface area contributed by atoms with Gasteiger partial charge >= 0.3 is 6.03 Å². The molecule has 0 spiro atoms. The summed E-state index contributed by atoms with van der Waals surface area (Å²) in [4.78, 5) is 30.2. The zero-order valence-corrected chi connectivity index (χ0v) is 23.7. The topological polar surface area (TPSA) is 64.7 Å². The molecular weight excluding hydrogens is 436 g/mol. The molecule has 6 heteroatoms. The molecule has 0 aromatic heterocycles. The molecule has 0 radical (unpaired) electrons. The molecule has 0 heterocycles. The second-order valence-electron chi connectivity index (χ2n) is 10.3. The number of unbranched alkanes of at least 4 members (excludes halogenated alkanes) is 1. The number of urea groups is 1. The Morgan fingerprint density at radius 2 is 1.46 bits per heavy atom. The highest BCUT2D eigenvalue weighted by molar-refractivity contribution is 5.91. The van der Waals surface area contributed by atoms with Crippen molar-refractivity contribution in [1.82, 2.24) is 15.1 Å². The molecule has 2 N–H and O–H groups in total. The van der Waals surface area contributed by atoms with E-state index in [2.05, 4.69) is 89.1 Å². The smallest absolute Gasteiger partial charge is 0.321 e. The van der Waals surface area contributed by atoms with Crippen LogP contribution in [0.1, 0.15) is 110 Å². The molecule has 0 aliphatic carbocycles. The highest BCUT2D eigenvalue weighted by atomic mass is 16.2. The number of anilines is 1. The molecule has 1 atom stereocenters. The molecule has 6 nitrogen and oxygen atoms in total. The van der Waals surface area contributed by atoms with Crippen molar-refractivity contribution >= 4 is 17.6 Å². The molecule has 0 saturated heterocycles. The number of hydrogen-bond acceptors (Lipinski definition) is 3. The van der Waals surface area contributed by atoms with Gasteiger partial charge in [-0.05, 0) is 68.8 Å². The van der Waals surface area contributed by atoms with Gasteiger partial charge in [0.25, 0.3) is 0 Å². The number of para-hydroxylation sites is 1. The maximum absolute atomic E-state index is 13.3. The van der Waals surface area contributed by atoms with Gasteiger partial charge in [0.2, 0.25) is 5.91 Å². The fourth-order valence-electron chi connectivity index (χ4n) is 4.36. The summed E-state index contributed by atoms with van der Waals surface area (Å²) in [6.07, 6.45) is 4.27. The van der Waals surface area contributed by atoms with Crippen molar-refractivity contribution in [1.29, 1.82) is 0 Å². The van der Waals surface area contributed by atoms with Crippen molar-refractivity contribution < 1.29 is 9.59 Å². The number of hydrogen-bond donors (Lipinski definition) is 2. The molecular formula is C29H52N4O2.